The van der Waals surface area contributed by atoms with Crippen molar-refractivity contribution in [2.24, 2.45) is 5.41 Å². The highest BCUT2D eigenvalue weighted by Gasteiger charge is 2.33. The van der Waals surface area contributed by atoms with Crippen LogP contribution in [0.2, 0.25) is 0 Å². The maximum Gasteiger partial charge on any atom is 0.393 e. The van der Waals surface area contributed by atoms with Gasteiger partial charge in [-0.3, -0.25) is 4.79 Å². The van der Waals surface area contributed by atoms with Gasteiger partial charge in [-0.1, -0.05) is 38.1 Å². The lowest BCUT2D eigenvalue weighted by Crippen LogP contribution is -2.28. The molecule has 0 heterocycles. The summed E-state index contributed by atoms with van der Waals surface area (Å²) in [7, 11) is 0. The molecule has 0 aliphatic heterocycles. The summed E-state index contributed by atoms with van der Waals surface area (Å²) >= 11 is 0. The molecule has 0 aliphatic carbocycles. The van der Waals surface area contributed by atoms with E-state index in [1.54, 1.807) is 19.1 Å². The van der Waals surface area contributed by atoms with Crippen LogP contribution in [0.1, 0.15) is 50.7 Å². The summed E-state index contributed by atoms with van der Waals surface area (Å²) in [5, 5.41) is 9.28. The highest BCUT2D eigenvalue weighted by Crippen LogP contribution is 2.35. The number of aliphatic carboxylic acids is 1. The Bertz CT molecular complexity index is 479. The molecule has 2 unspecified atom stereocenters. The van der Waals surface area contributed by atoms with E-state index >= 15 is 0 Å². The van der Waals surface area contributed by atoms with E-state index in [-0.39, 0.29) is 11.5 Å². The highest BCUT2D eigenvalue weighted by molar-refractivity contribution is 5.74. The maximum absolute atomic E-state index is 12.3. The van der Waals surface area contributed by atoms with Gasteiger partial charge >= 0.3 is 12.1 Å². The molecule has 2 atom stereocenters. The van der Waals surface area contributed by atoms with Gasteiger partial charge in [-0.25, -0.2) is 0 Å². The number of carboxylic acids is 1. The summed E-state index contributed by atoms with van der Waals surface area (Å²) in [6, 6.07) is 6.24. The summed E-state index contributed by atoms with van der Waals surface area (Å²) < 4.78 is 36.9. The lowest BCUT2D eigenvalue weighted by Gasteiger charge is -2.27. The average molecular weight is 302 g/mol. The van der Waals surface area contributed by atoms with Crippen molar-refractivity contribution in [3.63, 3.8) is 0 Å². The second kappa shape index (κ2) is 6.50. The van der Waals surface area contributed by atoms with Crippen LogP contribution in [0.3, 0.4) is 0 Å². The van der Waals surface area contributed by atoms with E-state index < -0.39 is 24.0 Å². The van der Waals surface area contributed by atoms with Crippen LogP contribution in [0.4, 0.5) is 13.2 Å². The fraction of sp³-hybridized carbons (Fsp3) is 0.562. The number of benzene rings is 1. The van der Waals surface area contributed by atoms with Crippen molar-refractivity contribution in [1.82, 2.24) is 0 Å². The fourth-order valence-corrected chi connectivity index (χ4v) is 2.37. The number of hydrogen-bond acceptors (Lipinski definition) is 1. The van der Waals surface area contributed by atoms with E-state index in [1.807, 2.05) is 13.8 Å². The molecular weight excluding hydrogens is 281 g/mol. The van der Waals surface area contributed by atoms with E-state index in [9.17, 15) is 23.1 Å². The van der Waals surface area contributed by atoms with Crippen molar-refractivity contribution in [3.8, 4) is 0 Å². The Morgan fingerprint density at radius 1 is 1.24 bits per heavy atom. The molecule has 0 saturated heterocycles. The molecule has 2 nitrogen and oxygen atoms in total. The Labute approximate surface area is 123 Å². The molecule has 0 bridgehead atoms. The molecule has 0 fully saturated rings. The zero-order valence-corrected chi connectivity index (χ0v) is 12.5. The lowest BCUT2D eigenvalue weighted by molar-refractivity contribution is -0.148. The smallest absolute Gasteiger partial charge is 0.393 e. The molecule has 0 aliphatic rings. The summed E-state index contributed by atoms with van der Waals surface area (Å²) in [5.74, 6) is -0.864. The summed E-state index contributed by atoms with van der Waals surface area (Å²) in [4.78, 5) is 11.3. The predicted molar refractivity (Wildman–Crippen MR) is 75.3 cm³/mol. The number of carboxylic acid groups (broad SMARTS) is 1. The summed E-state index contributed by atoms with van der Waals surface area (Å²) in [5.41, 5.74) is 0.265. The van der Waals surface area contributed by atoms with Gasteiger partial charge in [0.15, 0.2) is 0 Å². The van der Waals surface area contributed by atoms with E-state index in [0.29, 0.717) is 12.8 Å². The van der Waals surface area contributed by atoms with Gasteiger partial charge in [-0.15, -0.1) is 0 Å². The monoisotopic (exact) mass is 302 g/mol. The summed E-state index contributed by atoms with van der Waals surface area (Å²) in [6.07, 6.45) is -4.18. The molecule has 0 saturated carbocycles. The van der Waals surface area contributed by atoms with Crippen molar-refractivity contribution in [2.45, 2.75) is 52.1 Å². The minimum Gasteiger partial charge on any atom is -0.481 e. The quantitative estimate of drug-likeness (QED) is 0.820. The molecule has 21 heavy (non-hydrogen) atoms. The van der Waals surface area contributed by atoms with E-state index in [1.165, 1.54) is 12.1 Å². The Balaban J connectivity index is 2.80. The number of alkyl halides is 3. The molecule has 0 spiro atoms. The number of hydrogen-bond donors (Lipinski definition) is 1. The minimum absolute atomic E-state index is 0.0222. The van der Waals surface area contributed by atoms with Gasteiger partial charge in [-0.05, 0) is 36.8 Å². The zero-order chi connectivity index (χ0) is 16.3. The van der Waals surface area contributed by atoms with Crippen LogP contribution in [0.25, 0.3) is 0 Å². The van der Waals surface area contributed by atoms with Gasteiger partial charge in [0.25, 0.3) is 0 Å². The largest absolute Gasteiger partial charge is 0.481 e. The molecule has 1 aromatic rings. The highest BCUT2D eigenvalue weighted by atomic mass is 19.4. The Morgan fingerprint density at radius 3 is 2.14 bits per heavy atom. The Morgan fingerprint density at radius 2 is 1.76 bits per heavy atom. The molecule has 1 aromatic carbocycles. The minimum atomic E-state index is -4.21. The Hall–Kier alpha value is -1.52. The van der Waals surface area contributed by atoms with Crippen LogP contribution < -0.4 is 0 Å². The predicted octanol–water partition coefficient (Wildman–Crippen LogP) is 4.79. The fourth-order valence-electron chi connectivity index (χ4n) is 2.37. The van der Waals surface area contributed by atoms with Gasteiger partial charge in [0.1, 0.15) is 0 Å². The van der Waals surface area contributed by atoms with Crippen LogP contribution in [0.5, 0.6) is 0 Å². The van der Waals surface area contributed by atoms with Crippen molar-refractivity contribution in [1.29, 1.82) is 0 Å². The first-order valence-corrected chi connectivity index (χ1v) is 6.96. The normalized spacial score (nSPS) is 16.3. The zero-order valence-electron chi connectivity index (χ0n) is 12.5. The van der Waals surface area contributed by atoms with E-state index in [2.05, 4.69) is 0 Å². The van der Waals surface area contributed by atoms with Gasteiger partial charge < -0.3 is 5.11 Å². The topological polar surface area (TPSA) is 37.3 Å². The molecule has 1 rings (SSSR count). The second-order valence-corrected chi connectivity index (χ2v) is 5.86. The van der Waals surface area contributed by atoms with Crippen LogP contribution in [-0.2, 0) is 11.2 Å². The lowest BCUT2D eigenvalue weighted by atomic mass is 9.77. The molecule has 5 heteroatoms. The first kappa shape index (κ1) is 17.5. The van der Waals surface area contributed by atoms with Crippen LogP contribution in [-0.4, -0.2) is 17.3 Å². The van der Waals surface area contributed by atoms with E-state index in [0.717, 1.165) is 5.56 Å². The SMILES string of the molecule is CCC(C)(CC(C)c1ccc(CC(F)(F)F)cc1)C(=O)O. The molecule has 0 amide bonds. The third-order valence-corrected chi connectivity index (χ3v) is 4.01. The van der Waals surface area contributed by atoms with Crippen molar-refractivity contribution < 1.29 is 23.1 Å². The van der Waals surface area contributed by atoms with Crippen LogP contribution >= 0.6 is 0 Å². The van der Waals surface area contributed by atoms with Crippen LogP contribution in [0, 0.1) is 5.41 Å². The van der Waals surface area contributed by atoms with Crippen LogP contribution in [0.15, 0.2) is 24.3 Å². The summed E-state index contributed by atoms with van der Waals surface area (Å²) in [6.45, 7) is 5.42. The average Bonchev–Trinajstić information content (AvgIpc) is 2.37. The molecular formula is C16H21F3O2. The standard InChI is InChI=1S/C16H21F3O2/c1-4-15(3,14(20)21)9-11(2)13-7-5-12(6-8-13)10-16(17,18)19/h5-8,11H,4,9-10H2,1-3H3,(H,20,21). The van der Waals surface area contributed by atoms with E-state index in [4.69, 9.17) is 0 Å². The third-order valence-electron chi connectivity index (χ3n) is 4.01. The van der Waals surface area contributed by atoms with Gasteiger partial charge in [0, 0.05) is 0 Å². The number of carbonyl (C=O) groups is 1. The molecule has 0 radical (unpaired) electrons. The van der Waals surface area contributed by atoms with Gasteiger partial charge in [0.05, 0.1) is 11.8 Å². The van der Waals surface area contributed by atoms with Crippen molar-refractivity contribution in [2.75, 3.05) is 0 Å². The molecule has 118 valence electrons. The maximum atomic E-state index is 12.3. The molecule has 0 aromatic heterocycles. The van der Waals surface area contributed by atoms with Gasteiger partial charge in [0.2, 0.25) is 0 Å². The third kappa shape index (κ3) is 5.06. The van der Waals surface area contributed by atoms with Gasteiger partial charge in [-0.2, -0.15) is 13.2 Å². The second-order valence-electron chi connectivity index (χ2n) is 5.86. The molecule has 1 N–H and O–H groups in total. The number of rotatable bonds is 6. The van der Waals surface area contributed by atoms with Crippen molar-refractivity contribution in [3.05, 3.63) is 35.4 Å². The first-order chi connectivity index (χ1) is 9.57. The Kier molecular flexibility index (Phi) is 5.42. The first-order valence-electron chi connectivity index (χ1n) is 6.96. The number of halogens is 3. The van der Waals surface area contributed by atoms with Crippen molar-refractivity contribution >= 4 is 5.97 Å².